The maximum Gasteiger partial charge on any atom is 0.322 e. The van der Waals surface area contributed by atoms with Gasteiger partial charge in [-0.3, -0.25) is 4.79 Å². The average molecular weight is 558 g/mol. The third-order valence-electron chi connectivity index (χ3n) is 6.33. The van der Waals surface area contributed by atoms with E-state index >= 15 is 0 Å². The van der Waals surface area contributed by atoms with Crippen molar-refractivity contribution in [3.63, 3.8) is 0 Å². The smallest absolute Gasteiger partial charge is 0.322 e. The summed E-state index contributed by atoms with van der Waals surface area (Å²) in [4.78, 5) is 31.5. The molecule has 3 amide bonds. The highest BCUT2D eigenvalue weighted by molar-refractivity contribution is 7.10. The molecule has 0 radical (unpaired) electrons. The van der Waals surface area contributed by atoms with E-state index in [4.69, 9.17) is 25.8 Å². The minimum Gasteiger partial charge on any atom is -0.497 e. The fraction of sp³-hybridized carbons (Fsp3) is 0.357. The number of anilines is 1. The van der Waals surface area contributed by atoms with E-state index in [0.29, 0.717) is 54.9 Å². The van der Waals surface area contributed by atoms with Crippen LogP contribution in [0.2, 0.25) is 5.02 Å². The second kappa shape index (κ2) is 13.5. The molecule has 1 aromatic heterocycles. The van der Waals surface area contributed by atoms with Crippen molar-refractivity contribution >= 4 is 40.6 Å². The molecule has 1 aliphatic heterocycles. The number of halogens is 1. The van der Waals surface area contributed by atoms with Crippen LogP contribution in [0.3, 0.4) is 0 Å². The lowest BCUT2D eigenvalue weighted by Gasteiger charge is -2.37. The van der Waals surface area contributed by atoms with E-state index in [1.54, 1.807) is 49.8 Å². The topological polar surface area (TPSA) is 80.3 Å². The zero-order chi connectivity index (χ0) is 26.9. The summed E-state index contributed by atoms with van der Waals surface area (Å²) in [5, 5.41) is 5.42. The Kier molecular flexibility index (Phi) is 9.86. The number of carbonyl (C=O) groups excluding carboxylic acids is 2. The van der Waals surface area contributed by atoms with Gasteiger partial charge in [-0.2, -0.15) is 0 Å². The van der Waals surface area contributed by atoms with Crippen molar-refractivity contribution in [2.45, 2.75) is 18.9 Å². The highest BCUT2D eigenvalue weighted by Crippen LogP contribution is 2.34. The zero-order valence-corrected chi connectivity index (χ0v) is 23.1. The third kappa shape index (κ3) is 7.18. The van der Waals surface area contributed by atoms with E-state index in [2.05, 4.69) is 11.4 Å². The Bertz CT molecular complexity index is 1240. The lowest BCUT2D eigenvalue weighted by molar-refractivity contribution is -0.135. The number of hydrogen-bond donors (Lipinski definition) is 1. The van der Waals surface area contributed by atoms with Crippen LogP contribution >= 0.6 is 22.9 Å². The average Bonchev–Trinajstić information content (AvgIpc) is 3.40. The first kappa shape index (κ1) is 27.8. The van der Waals surface area contributed by atoms with Gasteiger partial charge in [-0.15, -0.1) is 11.3 Å². The first-order valence-corrected chi connectivity index (χ1v) is 13.7. The maximum absolute atomic E-state index is 13.7. The number of ether oxygens (including phenoxy) is 3. The molecule has 4 rings (SSSR count). The van der Waals surface area contributed by atoms with Crippen molar-refractivity contribution in [1.29, 1.82) is 0 Å². The van der Waals surface area contributed by atoms with E-state index in [1.807, 2.05) is 34.5 Å². The van der Waals surface area contributed by atoms with Gasteiger partial charge in [0, 0.05) is 48.5 Å². The SMILES string of the molecule is COCCCN(CC(=O)N1CCc2sccc2[C@@H]1COc1cccc(OC)c1)C(=O)Nc1cccc(Cl)c1. The Labute approximate surface area is 232 Å². The van der Waals surface area contributed by atoms with E-state index in [-0.39, 0.29) is 24.5 Å². The molecule has 10 heteroatoms. The van der Waals surface area contributed by atoms with Crippen LogP contribution in [0.25, 0.3) is 0 Å². The Morgan fingerprint density at radius 3 is 2.74 bits per heavy atom. The number of fused-ring (bicyclic) bond motifs is 1. The van der Waals surface area contributed by atoms with Crippen molar-refractivity contribution in [2.75, 3.05) is 52.4 Å². The number of amides is 3. The van der Waals surface area contributed by atoms with Crippen molar-refractivity contribution in [3.8, 4) is 11.5 Å². The fourth-order valence-electron chi connectivity index (χ4n) is 4.42. The number of nitrogens with one attached hydrogen (secondary N) is 1. The molecule has 202 valence electrons. The predicted octanol–water partition coefficient (Wildman–Crippen LogP) is 5.49. The van der Waals surface area contributed by atoms with Crippen molar-refractivity contribution in [1.82, 2.24) is 9.80 Å². The Morgan fingerprint density at radius 1 is 1.13 bits per heavy atom. The van der Waals surface area contributed by atoms with Crippen LogP contribution in [-0.2, 0) is 16.0 Å². The van der Waals surface area contributed by atoms with E-state index in [9.17, 15) is 9.59 Å². The summed E-state index contributed by atoms with van der Waals surface area (Å²) in [6.45, 7) is 1.63. The van der Waals surface area contributed by atoms with Crippen molar-refractivity contribution < 1.29 is 23.8 Å². The Balaban J connectivity index is 1.49. The number of methoxy groups -OCH3 is 2. The molecule has 0 unspecified atom stereocenters. The standard InChI is InChI=1S/C28H32ClN3O5S/c1-35-14-5-12-31(28(34)30-21-7-3-6-20(29)16-21)18-27(33)32-13-10-26-24(11-15-38-26)25(32)19-37-23-9-4-8-22(17-23)36-2/h3-4,6-9,11,15-17,25H,5,10,12-14,18-19H2,1-2H3,(H,30,34)/t25-/m0/s1. The largest absolute Gasteiger partial charge is 0.497 e. The molecule has 0 bridgehead atoms. The second-order valence-corrected chi connectivity index (χ2v) is 10.3. The minimum atomic E-state index is -0.367. The molecule has 1 atom stereocenters. The van der Waals surface area contributed by atoms with Gasteiger partial charge in [-0.05, 0) is 60.2 Å². The molecule has 0 saturated carbocycles. The number of hydrogen-bond acceptors (Lipinski definition) is 6. The summed E-state index contributed by atoms with van der Waals surface area (Å²) in [7, 11) is 3.22. The van der Waals surface area contributed by atoms with Crippen molar-refractivity contribution in [2.24, 2.45) is 0 Å². The highest BCUT2D eigenvalue weighted by Gasteiger charge is 2.33. The predicted molar refractivity (Wildman–Crippen MR) is 150 cm³/mol. The van der Waals surface area contributed by atoms with Crippen LogP contribution in [0.1, 0.15) is 22.9 Å². The van der Waals surface area contributed by atoms with E-state index < -0.39 is 0 Å². The number of benzene rings is 2. The van der Waals surface area contributed by atoms with Crippen LogP contribution < -0.4 is 14.8 Å². The molecule has 0 saturated heterocycles. The highest BCUT2D eigenvalue weighted by atomic mass is 35.5. The lowest BCUT2D eigenvalue weighted by Crippen LogP contribution is -2.49. The second-order valence-electron chi connectivity index (χ2n) is 8.85. The number of thiophene rings is 1. The number of rotatable bonds is 11. The lowest BCUT2D eigenvalue weighted by atomic mass is 10.0. The first-order chi connectivity index (χ1) is 18.5. The van der Waals surface area contributed by atoms with Gasteiger partial charge in [0.05, 0.1) is 13.2 Å². The first-order valence-electron chi connectivity index (χ1n) is 12.4. The normalized spacial score (nSPS) is 14.5. The summed E-state index contributed by atoms with van der Waals surface area (Å²) in [6, 6.07) is 15.8. The van der Waals surface area contributed by atoms with Crippen LogP contribution in [-0.4, -0.2) is 68.8 Å². The van der Waals surface area contributed by atoms with Crippen LogP contribution in [0.4, 0.5) is 10.5 Å². The van der Waals surface area contributed by atoms with Gasteiger partial charge in [0.2, 0.25) is 5.91 Å². The van der Waals surface area contributed by atoms with Gasteiger partial charge < -0.3 is 29.3 Å². The zero-order valence-electron chi connectivity index (χ0n) is 21.5. The number of carbonyl (C=O) groups is 2. The quantitative estimate of drug-likeness (QED) is 0.316. The van der Waals surface area contributed by atoms with Gasteiger partial charge in [-0.1, -0.05) is 23.7 Å². The van der Waals surface area contributed by atoms with Gasteiger partial charge in [0.1, 0.15) is 24.7 Å². The fourth-order valence-corrected chi connectivity index (χ4v) is 5.53. The molecule has 1 N–H and O–H groups in total. The molecule has 3 aromatic rings. The summed E-state index contributed by atoms with van der Waals surface area (Å²) < 4.78 is 16.6. The molecule has 8 nitrogen and oxygen atoms in total. The molecule has 0 spiro atoms. The number of nitrogens with zero attached hydrogens (tertiary/aromatic N) is 2. The molecular formula is C28H32ClN3O5S. The van der Waals surface area contributed by atoms with Gasteiger partial charge in [-0.25, -0.2) is 4.79 Å². The minimum absolute atomic E-state index is 0.0642. The monoisotopic (exact) mass is 557 g/mol. The third-order valence-corrected chi connectivity index (χ3v) is 7.56. The van der Waals surface area contributed by atoms with Crippen LogP contribution in [0.5, 0.6) is 11.5 Å². The molecule has 2 aromatic carbocycles. The van der Waals surface area contributed by atoms with Crippen molar-refractivity contribution in [3.05, 3.63) is 75.4 Å². The van der Waals surface area contributed by atoms with E-state index in [1.165, 1.54) is 9.78 Å². The van der Waals surface area contributed by atoms with Crippen LogP contribution in [0.15, 0.2) is 60.0 Å². The van der Waals surface area contributed by atoms with Gasteiger partial charge >= 0.3 is 6.03 Å². The van der Waals surface area contributed by atoms with Crippen LogP contribution in [0, 0.1) is 0 Å². The maximum atomic E-state index is 13.7. The Hall–Kier alpha value is -3.27. The molecule has 0 fully saturated rings. The number of urea groups is 1. The molecule has 0 aliphatic carbocycles. The van der Waals surface area contributed by atoms with Gasteiger partial charge in [0.15, 0.2) is 0 Å². The van der Waals surface area contributed by atoms with Gasteiger partial charge in [0.25, 0.3) is 0 Å². The summed E-state index contributed by atoms with van der Waals surface area (Å²) >= 11 is 7.77. The summed E-state index contributed by atoms with van der Waals surface area (Å²) in [6.07, 6.45) is 1.37. The summed E-state index contributed by atoms with van der Waals surface area (Å²) in [5.74, 6) is 1.23. The Morgan fingerprint density at radius 2 is 1.95 bits per heavy atom. The molecule has 38 heavy (non-hydrogen) atoms. The molecular weight excluding hydrogens is 526 g/mol. The summed E-state index contributed by atoms with van der Waals surface area (Å²) in [5.41, 5.74) is 1.66. The molecule has 1 aliphatic rings. The van der Waals surface area contributed by atoms with E-state index in [0.717, 1.165) is 12.0 Å². The molecule has 2 heterocycles.